The van der Waals surface area contributed by atoms with Gasteiger partial charge in [-0.1, -0.05) is 74.0 Å². The van der Waals surface area contributed by atoms with E-state index in [4.69, 9.17) is 10.5 Å². The molecule has 1 atom stereocenters. The number of ether oxygens (including phenoxy) is 1. The van der Waals surface area contributed by atoms with Crippen LogP contribution in [0.25, 0.3) is 11.1 Å². The standard InChI is InChI=1S/C24H25NO2/c1-3-7-23(27-22-15-10-17(2)16-21(22)25)24(26)20-13-11-19(12-14-20)18-8-5-4-6-9-18/h4-6,8-16,23H,3,7,25H2,1-2H3. The van der Waals surface area contributed by atoms with Gasteiger partial charge in [-0.05, 0) is 42.2 Å². The van der Waals surface area contributed by atoms with Crippen molar-refractivity contribution in [2.75, 3.05) is 5.73 Å². The third kappa shape index (κ3) is 4.56. The largest absolute Gasteiger partial charge is 0.480 e. The number of nitrogens with two attached hydrogens (primary N) is 1. The second-order valence-corrected chi connectivity index (χ2v) is 6.74. The van der Waals surface area contributed by atoms with Crippen molar-refractivity contribution < 1.29 is 9.53 Å². The van der Waals surface area contributed by atoms with Gasteiger partial charge in [0.25, 0.3) is 0 Å². The molecule has 3 rings (SSSR count). The van der Waals surface area contributed by atoms with E-state index in [9.17, 15) is 4.79 Å². The summed E-state index contributed by atoms with van der Waals surface area (Å²) in [6.45, 7) is 4.02. The van der Waals surface area contributed by atoms with E-state index >= 15 is 0 Å². The molecule has 138 valence electrons. The Balaban J connectivity index is 1.80. The number of aryl methyl sites for hydroxylation is 1. The van der Waals surface area contributed by atoms with Crippen LogP contribution in [0.15, 0.2) is 72.8 Å². The summed E-state index contributed by atoms with van der Waals surface area (Å²) in [7, 11) is 0. The van der Waals surface area contributed by atoms with Gasteiger partial charge < -0.3 is 10.5 Å². The first kappa shape index (κ1) is 18.7. The van der Waals surface area contributed by atoms with Crippen LogP contribution in [0, 0.1) is 6.92 Å². The lowest BCUT2D eigenvalue weighted by atomic mass is 9.99. The molecule has 0 saturated heterocycles. The summed E-state index contributed by atoms with van der Waals surface area (Å²) in [6.07, 6.45) is 0.958. The molecular weight excluding hydrogens is 334 g/mol. The van der Waals surface area contributed by atoms with Gasteiger partial charge in [0.1, 0.15) is 5.75 Å². The van der Waals surface area contributed by atoms with Gasteiger partial charge in [0.15, 0.2) is 6.10 Å². The first-order valence-corrected chi connectivity index (χ1v) is 9.31. The quantitative estimate of drug-likeness (QED) is 0.436. The van der Waals surface area contributed by atoms with Gasteiger partial charge in [0.2, 0.25) is 5.78 Å². The van der Waals surface area contributed by atoms with E-state index in [-0.39, 0.29) is 5.78 Å². The van der Waals surface area contributed by atoms with E-state index in [2.05, 4.69) is 12.1 Å². The summed E-state index contributed by atoms with van der Waals surface area (Å²) in [5, 5.41) is 0. The molecule has 0 saturated carbocycles. The smallest absolute Gasteiger partial charge is 0.203 e. The van der Waals surface area contributed by atoms with E-state index < -0.39 is 6.10 Å². The third-order valence-corrected chi connectivity index (χ3v) is 4.55. The summed E-state index contributed by atoms with van der Waals surface area (Å²) in [5.74, 6) is 0.546. The van der Waals surface area contributed by atoms with Crippen molar-refractivity contribution in [2.45, 2.75) is 32.8 Å². The molecule has 0 heterocycles. The first-order chi connectivity index (χ1) is 13.1. The zero-order valence-electron chi connectivity index (χ0n) is 15.8. The van der Waals surface area contributed by atoms with Gasteiger partial charge in [-0.3, -0.25) is 4.79 Å². The Bertz CT molecular complexity index is 901. The second-order valence-electron chi connectivity index (χ2n) is 6.74. The van der Waals surface area contributed by atoms with Gasteiger partial charge in [-0.2, -0.15) is 0 Å². The van der Waals surface area contributed by atoms with Gasteiger partial charge in [-0.15, -0.1) is 0 Å². The second kappa shape index (κ2) is 8.54. The van der Waals surface area contributed by atoms with E-state index in [1.807, 2.05) is 74.5 Å². The Hall–Kier alpha value is -3.07. The van der Waals surface area contributed by atoms with Crippen molar-refractivity contribution in [2.24, 2.45) is 0 Å². The van der Waals surface area contributed by atoms with Crippen LogP contribution in [0.2, 0.25) is 0 Å². The van der Waals surface area contributed by atoms with Crippen LogP contribution in [0.3, 0.4) is 0 Å². The lowest BCUT2D eigenvalue weighted by Crippen LogP contribution is -2.27. The van der Waals surface area contributed by atoms with E-state index in [1.54, 1.807) is 0 Å². The van der Waals surface area contributed by atoms with Crippen LogP contribution in [0.5, 0.6) is 5.75 Å². The van der Waals surface area contributed by atoms with Gasteiger partial charge in [-0.25, -0.2) is 0 Å². The Labute approximate surface area is 160 Å². The fourth-order valence-corrected chi connectivity index (χ4v) is 3.08. The molecule has 3 nitrogen and oxygen atoms in total. The molecule has 0 aliphatic rings. The maximum Gasteiger partial charge on any atom is 0.203 e. The van der Waals surface area contributed by atoms with Crippen LogP contribution >= 0.6 is 0 Å². The fourth-order valence-electron chi connectivity index (χ4n) is 3.08. The number of hydrogen-bond acceptors (Lipinski definition) is 3. The van der Waals surface area contributed by atoms with Crippen molar-refractivity contribution in [1.82, 2.24) is 0 Å². The lowest BCUT2D eigenvalue weighted by molar-refractivity contribution is 0.0779. The molecule has 0 aliphatic heterocycles. The molecule has 0 radical (unpaired) electrons. The third-order valence-electron chi connectivity index (χ3n) is 4.55. The summed E-state index contributed by atoms with van der Waals surface area (Å²) in [4.78, 5) is 13.0. The number of anilines is 1. The van der Waals surface area contributed by atoms with E-state index in [0.29, 0.717) is 23.4 Å². The number of Topliss-reactive ketones (excluding diaryl/α,β-unsaturated/α-hetero) is 1. The van der Waals surface area contributed by atoms with Crippen molar-refractivity contribution in [1.29, 1.82) is 0 Å². The predicted octanol–water partition coefficient (Wildman–Crippen LogP) is 5.67. The zero-order valence-corrected chi connectivity index (χ0v) is 15.8. The SMILES string of the molecule is CCCC(Oc1ccc(C)cc1N)C(=O)c1ccc(-c2ccccc2)cc1. The van der Waals surface area contributed by atoms with Gasteiger partial charge in [0.05, 0.1) is 5.69 Å². The minimum atomic E-state index is -0.539. The highest BCUT2D eigenvalue weighted by Crippen LogP contribution is 2.26. The molecule has 0 spiro atoms. The molecule has 2 N–H and O–H groups in total. The molecule has 1 unspecified atom stereocenters. The van der Waals surface area contributed by atoms with Gasteiger partial charge >= 0.3 is 0 Å². The molecule has 3 heteroatoms. The summed E-state index contributed by atoms with van der Waals surface area (Å²) < 4.78 is 6.00. The van der Waals surface area contributed by atoms with E-state index in [0.717, 1.165) is 23.1 Å². The molecule has 0 amide bonds. The number of hydrogen-bond donors (Lipinski definition) is 1. The van der Waals surface area contributed by atoms with Crippen molar-refractivity contribution >= 4 is 11.5 Å². The minimum Gasteiger partial charge on any atom is -0.480 e. The fraction of sp³-hybridized carbons (Fsp3) is 0.208. The minimum absolute atomic E-state index is 0.0172. The van der Waals surface area contributed by atoms with Crippen molar-refractivity contribution in [3.63, 3.8) is 0 Å². The zero-order chi connectivity index (χ0) is 19.2. The van der Waals surface area contributed by atoms with Crippen LogP contribution in [-0.2, 0) is 0 Å². The Kier molecular flexibility index (Phi) is 5.92. The van der Waals surface area contributed by atoms with Crippen LogP contribution in [0.1, 0.15) is 35.7 Å². The van der Waals surface area contributed by atoms with Crippen LogP contribution in [0.4, 0.5) is 5.69 Å². The Morgan fingerprint density at radius 3 is 2.26 bits per heavy atom. The number of ketones is 1. The topological polar surface area (TPSA) is 52.3 Å². The normalized spacial score (nSPS) is 11.8. The van der Waals surface area contributed by atoms with Gasteiger partial charge in [0, 0.05) is 5.56 Å². The summed E-state index contributed by atoms with van der Waals surface area (Å²) in [6, 6.07) is 23.4. The Morgan fingerprint density at radius 1 is 0.963 bits per heavy atom. The average Bonchev–Trinajstić information content (AvgIpc) is 2.70. The number of benzene rings is 3. The summed E-state index contributed by atoms with van der Waals surface area (Å²) >= 11 is 0. The molecule has 0 aromatic heterocycles. The molecular formula is C24H25NO2. The molecule has 3 aromatic carbocycles. The summed E-state index contributed by atoms with van der Waals surface area (Å²) in [5.41, 5.74) is 10.5. The predicted molar refractivity (Wildman–Crippen MR) is 111 cm³/mol. The molecule has 0 fully saturated rings. The molecule has 3 aromatic rings. The van der Waals surface area contributed by atoms with Crippen LogP contribution < -0.4 is 10.5 Å². The van der Waals surface area contributed by atoms with Crippen molar-refractivity contribution in [3.05, 3.63) is 83.9 Å². The average molecular weight is 359 g/mol. The number of nitrogen functional groups attached to an aromatic ring is 1. The maximum atomic E-state index is 13.0. The molecule has 27 heavy (non-hydrogen) atoms. The Morgan fingerprint density at radius 2 is 1.63 bits per heavy atom. The highest BCUT2D eigenvalue weighted by molar-refractivity contribution is 6.00. The van der Waals surface area contributed by atoms with E-state index in [1.165, 1.54) is 0 Å². The highest BCUT2D eigenvalue weighted by Gasteiger charge is 2.22. The number of carbonyl (C=O) groups excluding carboxylic acids is 1. The van der Waals surface area contributed by atoms with Crippen molar-refractivity contribution in [3.8, 4) is 16.9 Å². The highest BCUT2D eigenvalue weighted by atomic mass is 16.5. The number of rotatable bonds is 7. The molecule has 0 aliphatic carbocycles. The maximum absolute atomic E-state index is 13.0. The van der Waals surface area contributed by atoms with Crippen LogP contribution in [-0.4, -0.2) is 11.9 Å². The lowest BCUT2D eigenvalue weighted by Gasteiger charge is -2.19. The number of carbonyl (C=O) groups is 1. The molecule has 0 bridgehead atoms. The monoisotopic (exact) mass is 359 g/mol. The first-order valence-electron chi connectivity index (χ1n) is 9.31.